The number of halogens is 2. The van der Waals surface area contributed by atoms with Crippen LogP contribution in [0.15, 0.2) is 30.3 Å². The molecule has 2 rings (SSSR count). The van der Waals surface area contributed by atoms with Crippen LogP contribution in [-0.2, 0) is 11.3 Å². The van der Waals surface area contributed by atoms with Crippen LogP contribution in [0.2, 0.25) is 10.2 Å². The Morgan fingerprint density at radius 2 is 1.90 bits per heavy atom. The number of aromatic nitrogens is 2. The third kappa shape index (κ3) is 4.85. The Hall–Kier alpha value is -1.56. The smallest absolute Gasteiger partial charge is 0.223 e. The van der Waals surface area contributed by atoms with Crippen LogP contribution in [0.5, 0.6) is 0 Å². The van der Waals surface area contributed by atoms with Gasteiger partial charge < -0.3 is 15.8 Å². The van der Waals surface area contributed by atoms with Crippen LogP contribution in [0, 0.1) is 0 Å². The van der Waals surface area contributed by atoms with Gasteiger partial charge in [0.15, 0.2) is 0 Å². The summed E-state index contributed by atoms with van der Waals surface area (Å²) in [5, 5.41) is 4.08. The molecule has 0 aliphatic carbocycles. The summed E-state index contributed by atoms with van der Waals surface area (Å²) in [6.45, 7) is 1.66. The average molecular weight is 313 g/mol. The number of nitrogens with two attached hydrogens (primary N) is 1. The van der Waals surface area contributed by atoms with Crippen LogP contribution < -0.4 is 11.1 Å². The van der Waals surface area contributed by atoms with E-state index in [1.807, 2.05) is 24.3 Å². The maximum atomic E-state index is 5.80. The molecule has 0 aliphatic rings. The van der Waals surface area contributed by atoms with Crippen molar-refractivity contribution in [3.05, 3.63) is 46.1 Å². The molecule has 0 saturated heterocycles. The van der Waals surface area contributed by atoms with Crippen LogP contribution >= 0.6 is 23.2 Å². The lowest BCUT2D eigenvalue weighted by Gasteiger charge is -2.07. The van der Waals surface area contributed by atoms with E-state index in [4.69, 9.17) is 33.7 Å². The topological polar surface area (TPSA) is 73.1 Å². The molecule has 0 saturated carbocycles. The monoisotopic (exact) mass is 312 g/mol. The maximum absolute atomic E-state index is 5.80. The highest BCUT2D eigenvalue weighted by molar-refractivity contribution is 6.30. The number of rotatable bonds is 6. The summed E-state index contributed by atoms with van der Waals surface area (Å²) in [5.74, 6) is 0.722. The zero-order valence-electron chi connectivity index (χ0n) is 10.6. The Morgan fingerprint density at radius 1 is 1.15 bits per heavy atom. The zero-order valence-corrected chi connectivity index (χ0v) is 12.2. The van der Waals surface area contributed by atoms with E-state index in [0.29, 0.717) is 35.8 Å². The second-order valence-electron chi connectivity index (χ2n) is 4.04. The van der Waals surface area contributed by atoms with Gasteiger partial charge in [-0.1, -0.05) is 35.3 Å². The molecule has 1 aromatic carbocycles. The molecule has 0 aliphatic heterocycles. The van der Waals surface area contributed by atoms with Gasteiger partial charge >= 0.3 is 0 Å². The van der Waals surface area contributed by atoms with Gasteiger partial charge in [-0.2, -0.15) is 4.98 Å². The third-order valence-electron chi connectivity index (χ3n) is 2.45. The Bertz CT molecular complexity index is 543. The number of hydrogen-bond acceptors (Lipinski definition) is 5. The highest BCUT2D eigenvalue weighted by Gasteiger charge is 2.00. The van der Waals surface area contributed by atoms with Crippen LogP contribution in [0.4, 0.5) is 11.8 Å². The van der Waals surface area contributed by atoms with Gasteiger partial charge in [0.25, 0.3) is 0 Å². The minimum Gasteiger partial charge on any atom is -0.375 e. The van der Waals surface area contributed by atoms with Crippen LogP contribution in [0.3, 0.4) is 0 Å². The minimum atomic E-state index is 0.141. The summed E-state index contributed by atoms with van der Waals surface area (Å²) in [6.07, 6.45) is 0. The summed E-state index contributed by atoms with van der Waals surface area (Å²) in [4.78, 5) is 7.78. The molecule has 20 heavy (non-hydrogen) atoms. The Labute approximate surface area is 127 Å². The molecule has 3 N–H and O–H groups in total. The fraction of sp³-hybridized carbons (Fsp3) is 0.231. The van der Waals surface area contributed by atoms with E-state index >= 15 is 0 Å². The highest BCUT2D eigenvalue weighted by atomic mass is 35.5. The molecule has 1 aromatic heterocycles. The van der Waals surface area contributed by atoms with Gasteiger partial charge in [-0.25, -0.2) is 4.98 Å². The van der Waals surface area contributed by atoms with Gasteiger partial charge in [0.1, 0.15) is 11.0 Å². The first-order valence-corrected chi connectivity index (χ1v) is 6.75. The lowest BCUT2D eigenvalue weighted by Crippen LogP contribution is -2.11. The SMILES string of the molecule is Nc1nc(Cl)cc(NCCOCc2ccc(Cl)cc2)n1. The van der Waals surface area contributed by atoms with Crippen LogP contribution in [-0.4, -0.2) is 23.1 Å². The first kappa shape index (κ1) is 14.8. The van der Waals surface area contributed by atoms with Crippen LogP contribution in [0.1, 0.15) is 5.56 Å². The normalized spacial score (nSPS) is 10.5. The summed E-state index contributed by atoms with van der Waals surface area (Å²) in [5.41, 5.74) is 6.56. The lowest BCUT2D eigenvalue weighted by atomic mass is 10.2. The molecule has 0 amide bonds. The first-order valence-electron chi connectivity index (χ1n) is 5.99. The van der Waals surface area contributed by atoms with Gasteiger partial charge in [-0.15, -0.1) is 0 Å². The van der Waals surface area contributed by atoms with Crippen molar-refractivity contribution in [2.24, 2.45) is 0 Å². The summed E-state index contributed by atoms with van der Waals surface area (Å²) in [7, 11) is 0. The molecule has 7 heteroatoms. The van der Waals surface area contributed by atoms with Gasteiger partial charge in [0, 0.05) is 17.6 Å². The standard InChI is InChI=1S/C13H14Cl2N4O/c14-10-3-1-9(2-4-10)8-20-6-5-17-12-7-11(15)18-13(16)19-12/h1-4,7H,5-6,8H2,(H3,16,17,18,19). The number of benzene rings is 1. The lowest BCUT2D eigenvalue weighted by molar-refractivity contribution is 0.130. The van der Waals surface area contributed by atoms with E-state index in [9.17, 15) is 0 Å². The largest absolute Gasteiger partial charge is 0.375 e. The number of anilines is 2. The minimum absolute atomic E-state index is 0.141. The number of ether oxygens (including phenoxy) is 1. The van der Waals surface area contributed by atoms with Crippen molar-refractivity contribution in [1.82, 2.24) is 9.97 Å². The first-order chi connectivity index (χ1) is 9.63. The van der Waals surface area contributed by atoms with Crippen molar-refractivity contribution in [1.29, 1.82) is 0 Å². The summed E-state index contributed by atoms with van der Waals surface area (Å²) < 4.78 is 5.53. The quantitative estimate of drug-likeness (QED) is 0.633. The predicted octanol–water partition coefficient (Wildman–Crippen LogP) is 2.99. The van der Waals surface area contributed by atoms with Gasteiger partial charge in [-0.3, -0.25) is 0 Å². The van der Waals surface area contributed by atoms with Crippen molar-refractivity contribution in [3.8, 4) is 0 Å². The third-order valence-corrected chi connectivity index (χ3v) is 2.89. The fourth-order valence-corrected chi connectivity index (χ4v) is 1.86. The molecule has 106 valence electrons. The summed E-state index contributed by atoms with van der Waals surface area (Å²) >= 11 is 11.6. The number of nitrogen functional groups attached to an aromatic ring is 1. The number of nitrogens with zero attached hydrogens (tertiary/aromatic N) is 2. The van der Waals surface area contributed by atoms with E-state index < -0.39 is 0 Å². The maximum Gasteiger partial charge on any atom is 0.223 e. The molecule has 0 radical (unpaired) electrons. The highest BCUT2D eigenvalue weighted by Crippen LogP contribution is 2.12. The molecule has 0 unspecified atom stereocenters. The van der Waals surface area contributed by atoms with Crippen molar-refractivity contribution in [2.75, 3.05) is 24.2 Å². The van der Waals surface area contributed by atoms with E-state index in [-0.39, 0.29) is 5.95 Å². The van der Waals surface area contributed by atoms with Crippen molar-refractivity contribution < 1.29 is 4.74 Å². The fourth-order valence-electron chi connectivity index (χ4n) is 1.55. The zero-order chi connectivity index (χ0) is 14.4. The average Bonchev–Trinajstić information content (AvgIpc) is 2.39. The molecule has 5 nitrogen and oxygen atoms in total. The van der Waals surface area contributed by atoms with E-state index in [0.717, 1.165) is 5.56 Å². The summed E-state index contributed by atoms with van der Waals surface area (Å²) in [6, 6.07) is 9.15. The Kier molecular flexibility index (Phi) is 5.40. The van der Waals surface area contributed by atoms with Gasteiger partial charge in [0.05, 0.1) is 13.2 Å². The predicted molar refractivity (Wildman–Crippen MR) is 81.1 cm³/mol. The molecule has 1 heterocycles. The van der Waals surface area contributed by atoms with Crippen LogP contribution in [0.25, 0.3) is 0 Å². The molecule has 0 atom stereocenters. The molecular weight excluding hydrogens is 299 g/mol. The van der Waals surface area contributed by atoms with E-state index in [1.54, 1.807) is 6.07 Å². The van der Waals surface area contributed by atoms with Gasteiger partial charge in [-0.05, 0) is 17.7 Å². The van der Waals surface area contributed by atoms with E-state index in [1.165, 1.54) is 0 Å². The van der Waals surface area contributed by atoms with Crippen molar-refractivity contribution in [2.45, 2.75) is 6.61 Å². The molecule has 2 aromatic rings. The Balaban J connectivity index is 1.70. The molecule has 0 fully saturated rings. The number of hydrogen-bond donors (Lipinski definition) is 2. The van der Waals surface area contributed by atoms with E-state index in [2.05, 4.69) is 15.3 Å². The molecule has 0 spiro atoms. The second-order valence-corrected chi connectivity index (χ2v) is 4.86. The molecule has 0 bridgehead atoms. The molecular formula is C13H14Cl2N4O. The second kappa shape index (κ2) is 7.28. The number of nitrogens with one attached hydrogen (secondary N) is 1. The van der Waals surface area contributed by atoms with Gasteiger partial charge in [0.2, 0.25) is 5.95 Å². The Morgan fingerprint density at radius 3 is 2.60 bits per heavy atom. The van der Waals surface area contributed by atoms with Crippen molar-refractivity contribution in [3.63, 3.8) is 0 Å². The van der Waals surface area contributed by atoms with Crippen molar-refractivity contribution >= 4 is 35.0 Å².